The lowest BCUT2D eigenvalue weighted by molar-refractivity contribution is -0.140. The molecule has 1 aromatic rings. The Kier molecular flexibility index (Phi) is 4.07. The number of furan rings is 1. The van der Waals surface area contributed by atoms with E-state index in [4.69, 9.17) is 4.42 Å². The van der Waals surface area contributed by atoms with Gasteiger partial charge in [0.2, 0.25) is 0 Å². The average Bonchev–Trinajstić information content (AvgIpc) is 2.89. The summed E-state index contributed by atoms with van der Waals surface area (Å²) in [6, 6.07) is 4.12. The number of esters is 1. The third-order valence-electron chi connectivity index (χ3n) is 3.51. The lowest BCUT2D eigenvalue weighted by atomic mass is 10.3. The molecular weight excluding hydrogens is 230 g/mol. The second-order valence-electron chi connectivity index (χ2n) is 5.19. The first-order valence-electron chi connectivity index (χ1n) is 6.44. The Morgan fingerprint density at radius 3 is 2.89 bits per heavy atom. The lowest BCUT2D eigenvalue weighted by Gasteiger charge is -2.13. The van der Waals surface area contributed by atoms with Crippen molar-refractivity contribution in [2.24, 2.45) is 5.92 Å². The summed E-state index contributed by atoms with van der Waals surface area (Å²) in [6.45, 7) is 3.66. The molecule has 1 aromatic heterocycles. The molecule has 0 spiro atoms. The molecule has 1 saturated carbocycles. The van der Waals surface area contributed by atoms with E-state index in [1.165, 1.54) is 13.5 Å². The maximum absolute atomic E-state index is 11.0. The van der Waals surface area contributed by atoms with Gasteiger partial charge < -0.3 is 9.15 Å². The van der Waals surface area contributed by atoms with Gasteiger partial charge in [0.05, 0.1) is 20.1 Å². The van der Waals surface area contributed by atoms with Crippen LogP contribution in [0, 0.1) is 5.92 Å². The van der Waals surface area contributed by atoms with Crippen molar-refractivity contribution in [1.82, 2.24) is 4.90 Å². The zero-order valence-electron chi connectivity index (χ0n) is 11.3. The van der Waals surface area contributed by atoms with E-state index >= 15 is 0 Å². The van der Waals surface area contributed by atoms with Crippen molar-refractivity contribution in [3.8, 4) is 0 Å². The second kappa shape index (κ2) is 5.57. The van der Waals surface area contributed by atoms with Gasteiger partial charge in [0.15, 0.2) is 0 Å². The summed E-state index contributed by atoms with van der Waals surface area (Å²) in [6.07, 6.45) is 1.66. The highest BCUT2D eigenvalue weighted by Crippen LogP contribution is 2.47. The largest absolute Gasteiger partial charge is 0.469 e. The quantitative estimate of drug-likeness (QED) is 0.728. The maximum atomic E-state index is 11.0. The van der Waals surface area contributed by atoms with Gasteiger partial charge in [-0.2, -0.15) is 0 Å². The molecule has 1 aliphatic carbocycles. The number of ether oxygens (including phenoxy) is 1. The van der Waals surface area contributed by atoms with E-state index in [-0.39, 0.29) is 5.97 Å². The fourth-order valence-corrected chi connectivity index (χ4v) is 2.13. The zero-order chi connectivity index (χ0) is 13.1. The number of methoxy groups -OCH3 is 1. The first-order chi connectivity index (χ1) is 8.60. The van der Waals surface area contributed by atoms with Crippen molar-refractivity contribution >= 4 is 5.97 Å². The first kappa shape index (κ1) is 13.1. The molecule has 4 nitrogen and oxygen atoms in total. The molecule has 0 aromatic carbocycles. The number of rotatable bonds is 6. The van der Waals surface area contributed by atoms with Crippen LogP contribution < -0.4 is 0 Å². The normalized spacial score (nSPS) is 22.2. The SMILES string of the molecule is COC(=O)CCN(C)Cc1ccc([C@H]2C[C@@H]2C)o1. The topological polar surface area (TPSA) is 42.7 Å². The summed E-state index contributed by atoms with van der Waals surface area (Å²) in [4.78, 5) is 13.1. The van der Waals surface area contributed by atoms with Crippen LogP contribution >= 0.6 is 0 Å². The molecular formula is C14H21NO3. The molecule has 4 heteroatoms. The van der Waals surface area contributed by atoms with E-state index in [1.807, 2.05) is 13.1 Å². The number of hydrogen-bond donors (Lipinski definition) is 0. The van der Waals surface area contributed by atoms with Gasteiger partial charge in [-0.05, 0) is 31.5 Å². The van der Waals surface area contributed by atoms with Gasteiger partial charge in [-0.25, -0.2) is 0 Å². The van der Waals surface area contributed by atoms with E-state index in [1.54, 1.807) is 0 Å². The van der Waals surface area contributed by atoms with Crippen molar-refractivity contribution in [1.29, 1.82) is 0 Å². The molecule has 1 heterocycles. The standard InChI is InChI=1S/C14H21NO3/c1-10-8-12(10)13-5-4-11(18-13)9-15(2)7-6-14(16)17-3/h4-5,10,12H,6-9H2,1-3H3/t10-,12-/m0/s1. The highest BCUT2D eigenvalue weighted by atomic mass is 16.5. The van der Waals surface area contributed by atoms with E-state index < -0.39 is 0 Å². The molecule has 0 N–H and O–H groups in total. The highest BCUT2D eigenvalue weighted by molar-refractivity contribution is 5.69. The molecule has 1 fully saturated rings. The molecule has 18 heavy (non-hydrogen) atoms. The van der Waals surface area contributed by atoms with Crippen LogP contribution in [0.4, 0.5) is 0 Å². The number of nitrogens with zero attached hydrogens (tertiary/aromatic N) is 1. The van der Waals surface area contributed by atoms with Gasteiger partial charge in [0.1, 0.15) is 11.5 Å². The van der Waals surface area contributed by atoms with E-state index in [0.29, 0.717) is 18.9 Å². The molecule has 1 aliphatic rings. The smallest absolute Gasteiger partial charge is 0.306 e. The highest BCUT2D eigenvalue weighted by Gasteiger charge is 2.36. The fourth-order valence-electron chi connectivity index (χ4n) is 2.13. The van der Waals surface area contributed by atoms with E-state index in [2.05, 4.69) is 22.6 Å². The van der Waals surface area contributed by atoms with Crippen LogP contribution in [0.25, 0.3) is 0 Å². The van der Waals surface area contributed by atoms with Gasteiger partial charge >= 0.3 is 5.97 Å². The average molecular weight is 251 g/mol. The van der Waals surface area contributed by atoms with Crippen LogP contribution in [-0.2, 0) is 16.1 Å². The predicted octanol–water partition coefficient (Wildman–Crippen LogP) is 2.40. The number of carbonyl (C=O) groups excluding carboxylic acids is 1. The van der Waals surface area contributed by atoms with Gasteiger partial charge in [-0.1, -0.05) is 6.92 Å². The Morgan fingerprint density at radius 2 is 2.28 bits per heavy atom. The number of hydrogen-bond acceptors (Lipinski definition) is 4. The molecule has 100 valence electrons. The van der Waals surface area contributed by atoms with Crippen molar-refractivity contribution in [2.75, 3.05) is 20.7 Å². The number of carbonyl (C=O) groups is 1. The maximum Gasteiger partial charge on any atom is 0.306 e. The van der Waals surface area contributed by atoms with Crippen molar-refractivity contribution in [3.63, 3.8) is 0 Å². The van der Waals surface area contributed by atoms with Gasteiger partial charge in [0, 0.05) is 12.5 Å². The minimum atomic E-state index is -0.172. The molecule has 0 radical (unpaired) electrons. The molecule has 0 saturated heterocycles. The van der Waals surface area contributed by atoms with E-state index in [9.17, 15) is 4.79 Å². The van der Waals surface area contributed by atoms with Gasteiger partial charge in [0.25, 0.3) is 0 Å². The third kappa shape index (κ3) is 3.35. The van der Waals surface area contributed by atoms with Crippen LogP contribution in [-0.4, -0.2) is 31.6 Å². The third-order valence-corrected chi connectivity index (χ3v) is 3.51. The van der Waals surface area contributed by atoms with Crippen molar-refractivity contribution in [2.45, 2.75) is 32.2 Å². The van der Waals surface area contributed by atoms with Crippen molar-refractivity contribution < 1.29 is 13.9 Å². The summed E-state index contributed by atoms with van der Waals surface area (Å²) in [5, 5.41) is 0. The monoisotopic (exact) mass is 251 g/mol. The van der Waals surface area contributed by atoms with E-state index in [0.717, 1.165) is 24.0 Å². The molecule has 2 rings (SSSR count). The Bertz CT molecular complexity index is 413. The molecule has 0 aliphatic heterocycles. The van der Waals surface area contributed by atoms with Crippen LogP contribution in [0.1, 0.15) is 37.2 Å². The molecule has 0 amide bonds. The van der Waals surface area contributed by atoms with Gasteiger partial charge in [-0.3, -0.25) is 9.69 Å². The Hall–Kier alpha value is -1.29. The summed E-state index contributed by atoms with van der Waals surface area (Å²) >= 11 is 0. The Labute approximate surface area is 108 Å². The van der Waals surface area contributed by atoms with Gasteiger partial charge in [-0.15, -0.1) is 0 Å². The first-order valence-corrected chi connectivity index (χ1v) is 6.44. The summed E-state index contributed by atoms with van der Waals surface area (Å²) in [7, 11) is 3.39. The van der Waals surface area contributed by atoms with Crippen LogP contribution in [0.3, 0.4) is 0 Å². The molecule has 2 atom stereocenters. The second-order valence-corrected chi connectivity index (χ2v) is 5.19. The van der Waals surface area contributed by atoms with Crippen LogP contribution in [0.5, 0.6) is 0 Å². The molecule has 0 unspecified atom stereocenters. The molecule has 0 bridgehead atoms. The summed E-state index contributed by atoms with van der Waals surface area (Å²) < 4.78 is 10.4. The lowest BCUT2D eigenvalue weighted by Crippen LogP contribution is -2.21. The zero-order valence-corrected chi connectivity index (χ0v) is 11.3. The Morgan fingerprint density at radius 1 is 1.56 bits per heavy atom. The summed E-state index contributed by atoms with van der Waals surface area (Å²) in [5.74, 6) is 3.30. The van der Waals surface area contributed by atoms with Crippen LogP contribution in [0.15, 0.2) is 16.5 Å². The predicted molar refractivity (Wildman–Crippen MR) is 68.2 cm³/mol. The van der Waals surface area contributed by atoms with Crippen molar-refractivity contribution in [3.05, 3.63) is 23.7 Å². The summed E-state index contributed by atoms with van der Waals surface area (Å²) in [5.41, 5.74) is 0. The fraction of sp³-hybridized carbons (Fsp3) is 0.643. The minimum Gasteiger partial charge on any atom is -0.469 e. The van der Waals surface area contributed by atoms with Crippen LogP contribution in [0.2, 0.25) is 0 Å². The minimum absolute atomic E-state index is 0.172. The Balaban J connectivity index is 1.78.